The van der Waals surface area contributed by atoms with Gasteiger partial charge in [0.15, 0.2) is 0 Å². The van der Waals surface area contributed by atoms with Gasteiger partial charge in [0.05, 0.1) is 6.20 Å². The van der Waals surface area contributed by atoms with Crippen molar-refractivity contribution >= 4 is 16.0 Å². The van der Waals surface area contributed by atoms with Crippen LogP contribution < -0.4 is 0 Å². The SMILES string of the molecule is O=C(O)CN(CC(F)(F)F)S(=O)(=O)c1cncc(F)c1. The van der Waals surface area contributed by atoms with Gasteiger partial charge in [-0.05, 0) is 6.07 Å². The van der Waals surface area contributed by atoms with E-state index in [0.29, 0.717) is 18.5 Å². The van der Waals surface area contributed by atoms with Crippen molar-refractivity contribution in [2.45, 2.75) is 11.1 Å². The number of aromatic nitrogens is 1. The van der Waals surface area contributed by atoms with Gasteiger partial charge in [-0.2, -0.15) is 17.5 Å². The van der Waals surface area contributed by atoms with Crippen molar-refractivity contribution in [1.82, 2.24) is 9.29 Å². The van der Waals surface area contributed by atoms with Crippen LogP contribution >= 0.6 is 0 Å². The lowest BCUT2D eigenvalue weighted by Crippen LogP contribution is -2.42. The molecule has 1 aromatic rings. The second-order valence-corrected chi connectivity index (χ2v) is 5.56. The maximum absolute atomic E-state index is 12.9. The molecule has 0 amide bonds. The first-order chi connectivity index (χ1) is 9.02. The van der Waals surface area contributed by atoms with Crippen LogP contribution in [0.25, 0.3) is 0 Å². The fraction of sp³-hybridized carbons (Fsp3) is 0.333. The fourth-order valence-corrected chi connectivity index (χ4v) is 2.61. The minimum Gasteiger partial charge on any atom is -0.480 e. The summed E-state index contributed by atoms with van der Waals surface area (Å²) in [6.45, 7) is -3.41. The number of aliphatic carboxylic acids is 1. The van der Waals surface area contributed by atoms with E-state index in [4.69, 9.17) is 5.11 Å². The Kier molecular flexibility index (Phi) is 4.65. The summed E-state index contributed by atoms with van der Waals surface area (Å²) < 4.78 is 73.1. The molecular weight excluding hydrogens is 308 g/mol. The van der Waals surface area contributed by atoms with Crippen LogP contribution in [0.1, 0.15) is 0 Å². The monoisotopic (exact) mass is 316 g/mol. The number of sulfonamides is 1. The van der Waals surface area contributed by atoms with Gasteiger partial charge in [-0.25, -0.2) is 12.8 Å². The Labute approximate surface area is 110 Å². The lowest BCUT2D eigenvalue weighted by Gasteiger charge is -2.21. The number of hydrogen-bond acceptors (Lipinski definition) is 4. The Morgan fingerprint density at radius 2 is 1.95 bits per heavy atom. The fourth-order valence-electron chi connectivity index (χ4n) is 1.26. The molecule has 0 radical (unpaired) electrons. The Hall–Kier alpha value is -1.75. The topological polar surface area (TPSA) is 87.6 Å². The van der Waals surface area contributed by atoms with Crippen molar-refractivity contribution in [1.29, 1.82) is 0 Å². The number of rotatable bonds is 5. The summed E-state index contributed by atoms with van der Waals surface area (Å²) in [6.07, 6.45) is -3.66. The molecule has 0 bridgehead atoms. The van der Waals surface area contributed by atoms with Crippen LogP contribution in [0, 0.1) is 5.82 Å². The Morgan fingerprint density at radius 1 is 1.35 bits per heavy atom. The first kappa shape index (κ1) is 16.3. The molecule has 0 aliphatic rings. The van der Waals surface area contributed by atoms with Gasteiger partial charge in [0, 0.05) is 6.20 Å². The van der Waals surface area contributed by atoms with Crippen molar-refractivity contribution in [3.05, 3.63) is 24.3 Å². The molecule has 11 heteroatoms. The highest BCUT2D eigenvalue weighted by Gasteiger charge is 2.38. The molecule has 1 aromatic heterocycles. The summed E-state index contributed by atoms with van der Waals surface area (Å²) in [7, 11) is -4.82. The maximum atomic E-state index is 12.9. The van der Waals surface area contributed by atoms with E-state index in [1.54, 1.807) is 0 Å². The largest absolute Gasteiger partial charge is 0.480 e. The van der Waals surface area contributed by atoms with E-state index in [0.717, 1.165) is 0 Å². The summed E-state index contributed by atoms with van der Waals surface area (Å²) in [5, 5.41) is 8.48. The Morgan fingerprint density at radius 3 is 2.40 bits per heavy atom. The highest BCUT2D eigenvalue weighted by molar-refractivity contribution is 7.89. The van der Waals surface area contributed by atoms with E-state index < -0.39 is 46.0 Å². The molecule has 1 heterocycles. The van der Waals surface area contributed by atoms with Crippen LogP contribution in [0.5, 0.6) is 0 Å². The number of pyridine rings is 1. The molecule has 0 unspecified atom stereocenters. The van der Waals surface area contributed by atoms with Crippen molar-refractivity contribution in [3.8, 4) is 0 Å². The molecular formula is C9H8F4N2O4S. The van der Waals surface area contributed by atoms with E-state index >= 15 is 0 Å². The molecule has 1 rings (SSSR count). The van der Waals surface area contributed by atoms with Crippen molar-refractivity contribution in [2.75, 3.05) is 13.1 Å². The van der Waals surface area contributed by atoms with Crippen LogP contribution in [0.15, 0.2) is 23.4 Å². The van der Waals surface area contributed by atoms with Gasteiger partial charge >= 0.3 is 12.1 Å². The van der Waals surface area contributed by atoms with Crippen molar-refractivity contribution in [2.24, 2.45) is 0 Å². The number of hydrogen-bond donors (Lipinski definition) is 1. The summed E-state index contributed by atoms with van der Waals surface area (Å²) in [4.78, 5) is 12.8. The molecule has 0 atom stereocenters. The minimum atomic E-state index is -4.94. The minimum absolute atomic E-state index is 0.314. The van der Waals surface area contributed by atoms with Crippen molar-refractivity contribution in [3.63, 3.8) is 0 Å². The molecule has 0 fully saturated rings. The third-order valence-electron chi connectivity index (χ3n) is 1.98. The zero-order chi connectivity index (χ0) is 15.6. The molecule has 1 N–H and O–H groups in total. The van der Waals surface area contributed by atoms with Crippen molar-refractivity contribution < 1.29 is 35.9 Å². The zero-order valence-corrected chi connectivity index (χ0v) is 10.4. The van der Waals surface area contributed by atoms with E-state index in [1.807, 2.05) is 0 Å². The predicted molar refractivity (Wildman–Crippen MR) is 56.6 cm³/mol. The van der Waals surface area contributed by atoms with Crippen LogP contribution in [0.4, 0.5) is 17.6 Å². The first-order valence-corrected chi connectivity index (χ1v) is 6.35. The van der Waals surface area contributed by atoms with Crippen LogP contribution in [0.3, 0.4) is 0 Å². The number of nitrogens with zero attached hydrogens (tertiary/aromatic N) is 2. The van der Waals surface area contributed by atoms with E-state index in [1.165, 1.54) is 0 Å². The molecule has 20 heavy (non-hydrogen) atoms. The lowest BCUT2D eigenvalue weighted by molar-refractivity contribution is -0.146. The molecule has 0 aromatic carbocycles. The number of carboxylic acid groups (broad SMARTS) is 1. The Bertz CT molecular complexity index is 602. The summed E-state index contributed by atoms with van der Waals surface area (Å²) in [5.74, 6) is -2.85. The first-order valence-electron chi connectivity index (χ1n) is 4.91. The van der Waals surface area contributed by atoms with Crippen LogP contribution in [-0.2, 0) is 14.8 Å². The molecule has 0 saturated heterocycles. The third kappa shape index (κ3) is 4.42. The zero-order valence-electron chi connectivity index (χ0n) is 9.63. The molecule has 0 saturated carbocycles. The van der Waals surface area contributed by atoms with Gasteiger partial charge in [0.2, 0.25) is 10.0 Å². The van der Waals surface area contributed by atoms with Gasteiger partial charge in [0.1, 0.15) is 23.8 Å². The number of alkyl halides is 3. The van der Waals surface area contributed by atoms with Crippen LogP contribution in [0.2, 0.25) is 0 Å². The smallest absolute Gasteiger partial charge is 0.402 e. The van der Waals surface area contributed by atoms with Crippen LogP contribution in [-0.4, -0.2) is 48.0 Å². The summed E-state index contributed by atoms with van der Waals surface area (Å²) >= 11 is 0. The van der Waals surface area contributed by atoms with E-state index in [2.05, 4.69) is 4.98 Å². The third-order valence-corrected chi connectivity index (χ3v) is 3.74. The highest BCUT2D eigenvalue weighted by Crippen LogP contribution is 2.22. The molecule has 0 aliphatic heterocycles. The molecule has 112 valence electrons. The highest BCUT2D eigenvalue weighted by atomic mass is 32.2. The number of carbonyl (C=O) groups is 1. The second-order valence-electron chi connectivity index (χ2n) is 3.62. The second kappa shape index (κ2) is 5.71. The Balaban J connectivity index is 3.20. The quantitative estimate of drug-likeness (QED) is 0.814. The van der Waals surface area contributed by atoms with Gasteiger partial charge in [0.25, 0.3) is 0 Å². The molecule has 6 nitrogen and oxygen atoms in total. The predicted octanol–water partition coefficient (Wildman–Crippen LogP) is 0.858. The van der Waals surface area contributed by atoms with E-state index in [9.17, 15) is 30.8 Å². The standard InChI is InChI=1S/C9H8F4N2O4S/c10-6-1-7(3-14-2-6)20(18,19)15(4-8(16)17)5-9(11,12)13/h1-3H,4-5H2,(H,16,17). The van der Waals surface area contributed by atoms with E-state index in [-0.39, 0.29) is 4.31 Å². The van der Waals surface area contributed by atoms with Gasteiger partial charge in [-0.3, -0.25) is 9.78 Å². The normalized spacial score (nSPS) is 12.7. The average Bonchev–Trinajstić information content (AvgIpc) is 2.25. The average molecular weight is 316 g/mol. The summed E-state index contributed by atoms with van der Waals surface area (Å²) in [5.41, 5.74) is 0. The maximum Gasteiger partial charge on any atom is 0.402 e. The van der Waals surface area contributed by atoms with Gasteiger partial charge in [-0.15, -0.1) is 0 Å². The van der Waals surface area contributed by atoms with Gasteiger partial charge in [-0.1, -0.05) is 0 Å². The number of halogens is 4. The lowest BCUT2D eigenvalue weighted by atomic mass is 10.5. The van der Waals surface area contributed by atoms with Gasteiger partial charge < -0.3 is 5.11 Å². The summed E-state index contributed by atoms with van der Waals surface area (Å²) in [6, 6.07) is 0.452. The number of carboxylic acids is 1. The molecule has 0 aliphatic carbocycles. The molecule has 0 spiro atoms.